The van der Waals surface area contributed by atoms with Gasteiger partial charge in [0.05, 0.1) is 16.7 Å². The fourth-order valence-corrected chi connectivity index (χ4v) is 3.45. The van der Waals surface area contributed by atoms with Crippen molar-refractivity contribution in [2.24, 2.45) is 0 Å². The van der Waals surface area contributed by atoms with E-state index in [0.29, 0.717) is 0 Å². The first kappa shape index (κ1) is 16.7. The summed E-state index contributed by atoms with van der Waals surface area (Å²) in [6.45, 7) is -0.0376. The Morgan fingerprint density at radius 2 is 2.05 bits per heavy atom. The molecule has 0 unspecified atom stereocenters. The first-order valence-electron chi connectivity index (χ1n) is 5.27. The average Bonchev–Trinajstić information content (AvgIpc) is 2.37. The van der Waals surface area contributed by atoms with Gasteiger partial charge in [-0.05, 0) is 12.1 Å². The fraction of sp³-hybridized carbons (Fsp3) is 0.273. The number of hydrogen-bond donors (Lipinski definition) is 1. The molecule has 0 aliphatic rings. The van der Waals surface area contributed by atoms with Gasteiger partial charge in [-0.1, -0.05) is 23.2 Å². The standard InChI is InChI=1S/C11H10Cl2N2O4S/c1-15(4-2-3-14)20(18,19)9-6-7(12)5-8(10(9)13)11(16)17/h5-6H,2,4H2,1H3,(H,16,17). The van der Waals surface area contributed by atoms with Crippen LogP contribution in [0.4, 0.5) is 0 Å². The number of nitrogens with zero attached hydrogens (tertiary/aromatic N) is 2. The zero-order chi connectivity index (χ0) is 15.5. The minimum absolute atomic E-state index is 0.000295. The molecule has 0 bridgehead atoms. The molecule has 0 heterocycles. The van der Waals surface area contributed by atoms with Crippen LogP contribution in [-0.4, -0.2) is 37.4 Å². The second-order valence-electron chi connectivity index (χ2n) is 3.81. The van der Waals surface area contributed by atoms with E-state index in [2.05, 4.69) is 0 Å². The predicted molar refractivity (Wildman–Crippen MR) is 73.5 cm³/mol. The Kier molecular flexibility index (Phi) is 5.36. The third-order valence-corrected chi connectivity index (χ3v) is 5.08. The highest BCUT2D eigenvalue weighted by molar-refractivity contribution is 7.89. The Labute approximate surface area is 126 Å². The topological polar surface area (TPSA) is 98.5 Å². The second kappa shape index (κ2) is 6.41. The number of sulfonamides is 1. The smallest absolute Gasteiger partial charge is 0.337 e. The molecule has 0 aromatic heterocycles. The van der Waals surface area contributed by atoms with Crippen molar-refractivity contribution in [2.45, 2.75) is 11.3 Å². The second-order valence-corrected chi connectivity index (χ2v) is 6.63. The van der Waals surface area contributed by atoms with E-state index in [1.807, 2.05) is 6.07 Å². The SMILES string of the molecule is CN(CCC#N)S(=O)(=O)c1cc(Cl)cc(C(=O)O)c1Cl. The molecule has 20 heavy (non-hydrogen) atoms. The first-order valence-corrected chi connectivity index (χ1v) is 7.47. The minimum atomic E-state index is -4.02. The summed E-state index contributed by atoms with van der Waals surface area (Å²) >= 11 is 11.6. The molecular formula is C11H10Cl2N2O4S. The van der Waals surface area contributed by atoms with Crippen LogP contribution in [0.15, 0.2) is 17.0 Å². The maximum absolute atomic E-state index is 12.3. The van der Waals surface area contributed by atoms with E-state index in [-0.39, 0.29) is 18.0 Å². The molecule has 1 aromatic carbocycles. The lowest BCUT2D eigenvalue weighted by Crippen LogP contribution is -2.28. The van der Waals surface area contributed by atoms with Crippen molar-refractivity contribution in [1.82, 2.24) is 4.31 Å². The summed E-state index contributed by atoms with van der Waals surface area (Å²) in [5, 5.41) is 17.0. The molecule has 0 atom stereocenters. The van der Waals surface area contributed by atoms with E-state index in [1.54, 1.807) is 0 Å². The number of carboxylic acid groups (broad SMARTS) is 1. The van der Waals surface area contributed by atoms with Crippen molar-refractivity contribution < 1.29 is 18.3 Å². The Morgan fingerprint density at radius 1 is 1.45 bits per heavy atom. The van der Waals surface area contributed by atoms with Crippen LogP contribution in [0.1, 0.15) is 16.8 Å². The van der Waals surface area contributed by atoms with E-state index in [9.17, 15) is 13.2 Å². The summed E-state index contributed by atoms with van der Waals surface area (Å²) in [7, 11) is -2.75. The molecule has 0 saturated carbocycles. The van der Waals surface area contributed by atoms with Gasteiger partial charge in [0.2, 0.25) is 10.0 Å². The highest BCUT2D eigenvalue weighted by atomic mass is 35.5. The van der Waals surface area contributed by atoms with Crippen molar-refractivity contribution in [3.63, 3.8) is 0 Å². The monoisotopic (exact) mass is 336 g/mol. The molecule has 0 amide bonds. The van der Waals surface area contributed by atoms with Gasteiger partial charge in [-0.25, -0.2) is 13.2 Å². The van der Waals surface area contributed by atoms with Gasteiger partial charge in [0.25, 0.3) is 0 Å². The molecule has 0 aliphatic heterocycles. The number of carboxylic acids is 1. The molecule has 6 nitrogen and oxygen atoms in total. The van der Waals surface area contributed by atoms with Crippen molar-refractivity contribution in [3.8, 4) is 6.07 Å². The zero-order valence-electron chi connectivity index (χ0n) is 10.3. The number of nitriles is 1. The summed E-state index contributed by atoms with van der Waals surface area (Å²) in [5.41, 5.74) is -0.397. The maximum Gasteiger partial charge on any atom is 0.337 e. The molecule has 1 N–H and O–H groups in total. The van der Waals surface area contributed by atoms with Gasteiger partial charge in [-0.15, -0.1) is 0 Å². The fourth-order valence-electron chi connectivity index (χ4n) is 1.40. The molecule has 0 radical (unpaired) electrons. The Balaban J connectivity index is 3.39. The van der Waals surface area contributed by atoms with Gasteiger partial charge in [0.1, 0.15) is 4.90 Å². The molecule has 0 saturated heterocycles. The number of halogens is 2. The van der Waals surface area contributed by atoms with Crippen LogP contribution in [0.2, 0.25) is 10.0 Å². The molecule has 108 valence electrons. The molecule has 0 aliphatic carbocycles. The van der Waals surface area contributed by atoms with Crippen LogP contribution in [-0.2, 0) is 10.0 Å². The molecule has 0 fully saturated rings. The summed E-state index contributed by atoms with van der Waals surface area (Å²) in [6, 6.07) is 3.97. The lowest BCUT2D eigenvalue weighted by molar-refractivity contribution is 0.0697. The van der Waals surface area contributed by atoms with E-state index < -0.39 is 31.5 Å². The third-order valence-electron chi connectivity index (χ3n) is 2.46. The van der Waals surface area contributed by atoms with E-state index >= 15 is 0 Å². The predicted octanol–water partition coefficient (Wildman–Crippen LogP) is 2.23. The molecule has 9 heteroatoms. The lowest BCUT2D eigenvalue weighted by atomic mass is 10.2. The van der Waals surface area contributed by atoms with Crippen LogP contribution in [0.25, 0.3) is 0 Å². The summed E-state index contributed by atoms with van der Waals surface area (Å²) in [4.78, 5) is 10.6. The summed E-state index contributed by atoms with van der Waals surface area (Å²) in [6.07, 6.45) is -0.000295. The number of aromatic carboxylic acids is 1. The van der Waals surface area contributed by atoms with E-state index in [1.165, 1.54) is 7.05 Å². The van der Waals surface area contributed by atoms with Crippen molar-refractivity contribution in [1.29, 1.82) is 5.26 Å². The zero-order valence-corrected chi connectivity index (χ0v) is 12.6. The summed E-state index contributed by atoms with van der Waals surface area (Å²) in [5.74, 6) is -1.38. The average molecular weight is 337 g/mol. The largest absolute Gasteiger partial charge is 0.478 e. The Hall–Kier alpha value is -1.33. The quantitative estimate of drug-likeness (QED) is 0.888. The van der Waals surface area contributed by atoms with Crippen molar-refractivity contribution in [2.75, 3.05) is 13.6 Å². The van der Waals surface area contributed by atoms with Crippen LogP contribution < -0.4 is 0 Å². The first-order chi connectivity index (χ1) is 9.21. The Bertz CT molecular complexity index is 682. The number of rotatable bonds is 5. The number of hydrogen-bond acceptors (Lipinski definition) is 4. The Morgan fingerprint density at radius 3 is 2.55 bits per heavy atom. The van der Waals surface area contributed by atoms with Crippen molar-refractivity contribution >= 4 is 39.2 Å². The highest BCUT2D eigenvalue weighted by Crippen LogP contribution is 2.31. The van der Waals surface area contributed by atoms with Crippen LogP contribution in [0, 0.1) is 11.3 Å². The minimum Gasteiger partial charge on any atom is -0.478 e. The van der Waals surface area contributed by atoms with E-state index in [4.69, 9.17) is 33.6 Å². The van der Waals surface area contributed by atoms with Gasteiger partial charge in [0, 0.05) is 25.0 Å². The number of carbonyl (C=O) groups is 1. The van der Waals surface area contributed by atoms with Crippen LogP contribution in [0.3, 0.4) is 0 Å². The summed E-state index contributed by atoms with van der Waals surface area (Å²) < 4.78 is 25.4. The number of benzene rings is 1. The molecule has 1 aromatic rings. The van der Waals surface area contributed by atoms with Gasteiger partial charge in [-0.2, -0.15) is 9.57 Å². The van der Waals surface area contributed by atoms with Gasteiger partial charge in [0.15, 0.2) is 0 Å². The third kappa shape index (κ3) is 3.41. The molecule has 1 rings (SSSR count). The molecule has 0 spiro atoms. The maximum atomic E-state index is 12.3. The lowest BCUT2D eigenvalue weighted by Gasteiger charge is -2.17. The molecular weight excluding hydrogens is 327 g/mol. The van der Waals surface area contributed by atoms with Gasteiger partial charge < -0.3 is 5.11 Å². The normalized spacial score (nSPS) is 11.3. The highest BCUT2D eigenvalue weighted by Gasteiger charge is 2.27. The van der Waals surface area contributed by atoms with E-state index in [0.717, 1.165) is 16.4 Å². The van der Waals surface area contributed by atoms with Crippen molar-refractivity contribution in [3.05, 3.63) is 27.7 Å². The van der Waals surface area contributed by atoms with Gasteiger partial charge in [-0.3, -0.25) is 0 Å². The van der Waals surface area contributed by atoms with Crippen LogP contribution >= 0.6 is 23.2 Å². The van der Waals surface area contributed by atoms with Crippen LogP contribution in [0.5, 0.6) is 0 Å². The van der Waals surface area contributed by atoms with Gasteiger partial charge >= 0.3 is 5.97 Å².